The zero-order valence-corrected chi connectivity index (χ0v) is 20.3. The van der Waals surface area contributed by atoms with E-state index in [9.17, 15) is 9.59 Å². The van der Waals surface area contributed by atoms with Gasteiger partial charge in [-0.15, -0.1) is 0 Å². The van der Waals surface area contributed by atoms with Crippen molar-refractivity contribution in [1.29, 1.82) is 0 Å². The van der Waals surface area contributed by atoms with Gasteiger partial charge in [0.2, 0.25) is 5.91 Å². The molecule has 5 rings (SSSR count). The highest BCUT2D eigenvalue weighted by molar-refractivity contribution is 6.01. The number of anilines is 3. The number of pyridine rings is 1. The van der Waals surface area contributed by atoms with Crippen LogP contribution in [0, 0.1) is 5.41 Å². The number of hydrogen-bond donors (Lipinski definition) is 1. The zero-order valence-electron chi connectivity index (χ0n) is 20.3. The lowest BCUT2D eigenvalue weighted by Gasteiger charge is -2.38. The molecule has 1 amide bonds. The van der Waals surface area contributed by atoms with Crippen molar-refractivity contribution in [2.75, 3.05) is 47.8 Å². The van der Waals surface area contributed by atoms with E-state index in [0.717, 1.165) is 48.0 Å². The van der Waals surface area contributed by atoms with E-state index in [2.05, 4.69) is 40.9 Å². The summed E-state index contributed by atoms with van der Waals surface area (Å²) in [4.78, 5) is 37.4. The van der Waals surface area contributed by atoms with E-state index in [0.29, 0.717) is 19.5 Å². The minimum absolute atomic E-state index is 0.0736. The average molecular weight is 460 g/mol. The van der Waals surface area contributed by atoms with Gasteiger partial charge in [0.05, 0.1) is 24.0 Å². The molecule has 3 heterocycles. The van der Waals surface area contributed by atoms with Crippen LogP contribution >= 0.6 is 0 Å². The maximum Gasteiger partial charge on any atom is 0.242 e. The average Bonchev–Trinajstić information content (AvgIpc) is 2.93. The Hall–Kier alpha value is -3.35. The first kappa shape index (κ1) is 22.4. The summed E-state index contributed by atoms with van der Waals surface area (Å²) in [6.07, 6.45) is 3.16. The van der Waals surface area contributed by atoms with Crippen molar-refractivity contribution in [2.24, 2.45) is 5.41 Å². The Labute approximate surface area is 201 Å². The topological polar surface area (TPSA) is 68.8 Å². The Bertz CT molecular complexity index is 1120. The van der Waals surface area contributed by atoms with Gasteiger partial charge in [-0.3, -0.25) is 9.59 Å². The molecule has 7 nitrogen and oxygen atoms in total. The van der Waals surface area contributed by atoms with Crippen molar-refractivity contribution < 1.29 is 9.59 Å². The normalized spacial score (nSPS) is 22.0. The zero-order chi connectivity index (χ0) is 23.9. The van der Waals surface area contributed by atoms with Gasteiger partial charge in [0.1, 0.15) is 5.82 Å². The third-order valence-corrected chi connectivity index (χ3v) is 7.22. The molecule has 0 bridgehead atoms. The van der Waals surface area contributed by atoms with Gasteiger partial charge < -0.3 is 20.0 Å². The smallest absolute Gasteiger partial charge is 0.242 e. The molecule has 7 heteroatoms. The monoisotopic (exact) mass is 459 g/mol. The van der Waals surface area contributed by atoms with E-state index in [1.165, 1.54) is 0 Å². The molecule has 0 unspecified atom stereocenters. The molecule has 1 aromatic carbocycles. The van der Waals surface area contributed by atoms with Gasteiger partial charge in [-0.05, 0) is 43.0 Å². The Kier molecular flexibility index (Phi) is 5.80. The molecule has 0 radical (unpaired) electrons. The highest BCUT2D eigenvalue weighted by Crippen LogP contribution is 2.43. The fourth-order valence-corrected chi connectivity index (χ4v) is 5.48. The predicted molar refractivity (Wildman–Crippen MR) is 135 cm³/mol. The quantitative estimate of drug-likeness (QED) is 0.755. The summed E-state index contributed by atoms with van der Waals surface area (Å²) in [6, 6.07) is 13.8. The second-order valence-corrected chi connectivity index (χ2v) is 10.3. The number of carbonyl (C=O) groups is 2. The van der Waals surface area contributed by atoms with Crippen LogP contribution in [0.25, 0.3) is 0 Å². The molecule has 1 aliphatic carbocycles. The maximum absolute atomic E-state index is 13.5. The number of carbonyl (C=O) groups excluding carboxylic acids is 2. The standard InChI is InChI=1S/C27H33N5O2/c1-19-26-21(16-27(2,3)17-23(26)33)29-20-8-4-5-9-22(20)32(19)18-25(34)31-14-12-30(13-15-31)24-10-6-7-11-28-24/h4-11,19,29H,12-18H2,1-3H3/t19-/m0/s1. The Morgan fingerprint density at radius 1 is 1.06 bits per heavy atom. The van der Waals surface area contributed by atoms with Crippen molar-refractivity contribution in [3.05, 3.63) is 59.9 Å². The first-order chi connectivity index (χ1) is 16.3. The summed E-state index contributed by atoms with van der Waals surface area (Å²) in [5, 5.41) is 3.56. The van der Waals surface area contributed by atoms with Gasteiger partial charge in [0, 0.05) is 50.1 Å². The summed E-state index contributed by atoms with van der Waals surface area (Å²) in [7, 11) is 0. The first-order valence-electron chi connectivity index (χ1n) is 12.2. The van der Waals surface area contributed by atoms with Crippen LogP contribution in [0.5, 0.6) is 0 Å². The lowest BCUT2D eigenvalue weighted by atomic mass is 9.74. The third-order valence-electron chi connectivity index (χ3n) is 7.22. The van der Waals surface area contributed by atoms with E-state index < -0.39 is 0 Å². The Morgan fingerprint density at radius 2 is 1.79 bits per heavy atom. The van der Waals surface area contributed by atoms with E-state index in [-0.39, 0.29) is 29.7 Å². The van der Waals surface area contributed by atoms with Crippen molar-refractivity contribution in [1.82, 2.24) is 9.88 Å². The van der Waals surface area contributed by atoms with Crippen molar-refractivity contribution >= 4 is 28.9 Å². The fourth-order valence-electron chi connectivity index (χ4n) is 5.48. The number of nitrogens with one attached hydrogen (secondary N) is 1. The molecular weight excluding hydrogens is 426 g/mol. The highest BCUT2D eigenvalue weighted by atomic mass is 16.2. The van der Waals surface area contributed by atoms with Crippen molar-refractivity contribution in [3.8, 4) is 0 Å². The number of piperazine rings is 1. The van der Waals surface area contributed by atoms with Crippen LogP contribution in [0.1, 0.15) is 33.6 Å². The highest BCUT2D eigenvalue weighted by Gasteiger charge is 2.39. The number of hydrogen-bond acceptors (Lipinski definition) is 6. The first-order valence-corrected chi connectivity index (χ1v) is 12.2. The summed E-state index contributed by atoms with van der Waals surface area (Å²) in [6.45, 7) is 9.45. The van der Waals surface area contributed by atoms with Crippen LogP contribution in [-0.2, 0) is 9.59 Å². The molecule has 1 saturated heterocycles. The van der Waals surface area contributed by atoms with E-state index >= 15 is 0 Å². The molecule has 178 valence electrons. The second kappa shape index (κ2) is 8.78. The number of benzene rings is 1. The summed E-state index contributed by atoms with van der Waals surface area (Å²) in [5.41, 5.74) is 3.67. The minimum atomic E-state index is -0.173. The lowest BCUT2D eigenvalue weighted by molar-refractivity contribution is -0.130. The van der Waals surface area contributed by atoms with Gasteiger partial charge in [0.25, 0.3) is 0 Å². The van der Waals surface area contributed by atoms with Crippen LogP contribution in [0.3, 0.4) is 0 Å². The van der Waals surface area contributed by atoms with Crippen LogP contribution in [0.4, 0.5) is 17.2 Å². The number of aromatic nitrogens is 1. The second-order valence-electron chi connectivity index (χ2n) is 10.3. The van der Waals surface area contributed by atoms with Gasteiger partial charge in [-0.1, -0.05) is 32.0 Å². The third kappa shape index (κ3) is 4.27. The number of nitrogens with zero attached hydrogens (tertiary/aromatic N) is 4. The lowest BCUT2D eigenvalue weighted by Crippen LogP contribution is -2.52. The van der Waals surface area contributed by atoms with Crippen LogP contribution in [-0.4, -0.2) is 60.3 Å². The summed E-state index contributed by atoms with van der Waals surface area (Å²) >= 11 is 0. The molecule has 1 fully saturated rings. The van der Waals surface area contributed by atoms with Crippen LogP contribution < -0.4 is 15.1 Å². The molecule has 1 N–H and O–H groups in total. The number of amides is 1. The maximum atomic E-state index is 13.5. The van der Waals surface area contributed by atoms with Gasteiger partial charge in [0.15, 0.2) is 5.78 Å². The summed E-state index contributed by atoms with van der Waals surface area (Å²) in [5.74, 6) is 1.23. The van der Waals surface area contributed by atoms with Crippen molar-refractivity contribution in [3.63, 3.8) is 0 Å². The predicted octanol–water partition coefficient (Wildman–Crippen LogP) is 3.69. The SMILES string of the molecule is C[C@H]1C2=C(CC(C)(C)CC2=O)Nc2ccccc2N1CC(=O)N1CCN(c2ccccn2)CC1. The Balaban J connectivity index is 1.36. The number of allylic oxidation sites excluding steroid dienone is 1. The van der Waals surface area contributed by atoms with Gasteiger partial charge >= 0.3 is 0 Å². The number of ketones is 1. The molecule has 2 aliphatic heterocycles. The van der Waals surface area contributed by atoms with Crippen molar-refractivity contribution in [2.45, 2.75) is 39.7 Å². The molecule has 1 atom stereocenters. The summed E-state index contributed by atoms with van der Waals surface area (Å²) < 4.78 is 0. The molecule has 2 aromatic rings. The van der Waals surface area contributed by atoms with Crippen LogP contribution in [0.2, 0.25) is 0 Å². The number of fused-ring (bicyclic) bond motifs is 1. The molecular formula is C27H33N5O2. The molecule has 1 aromatic heterocycles. The number of Topliss-reactive ketones (excluding diaryl/α,β-unsaturated/α-hetero) is 1. The molecule has 0 saturated carbocycles. The largest absolute Gasteiger partial charge is 0.357 e. The van der Waals surface area contributed by atoms with E-state index in [1.54, 1.807) is 6.20 Å². The van der Waals surface area contributed by atoms with Gasteiger partial charge in [-0.2, -0.15) is 0 Å². The van der Waals surface area contributed by atoms with E-state index in [4.69, 9.17) is 0 Å². The number of para-hydroxylation sites is 2. The fraction of sp³-hybridized carbons (Fsp3) is 0.444. The van der Waals surface area contributed by atoms with Crippen LogP contribution in [0.15, 0.2) is 59.9 Å². The minimum Gasteiger partial charge on any atom is -0.357 e. The molecule has 3 aliphatic rings. The molecule has 34 heavy (non-hydrogen) atoms. The Morgan fingerprint density at radius 3 is 2.53 bits per heavy atom. The molecule has 0 spiro atoms. The number of rotatable bonds is 3. The van der Waals surface area contributed by atoms with E-state index in [1.807, 2.05) is 47.4 Å². The van der Waals surface area contributed by atoms with Gasteiger partial charge in [-0.25, -0.2) is 4.98 Å².